The molecule has 0 aliphatic carbocycles. The number of anilines is 1. The summed E-state index contributed by atoms with van der Waals surface area (Å²) in [6.07, 6.45) is 0. The van der Waals surface area contributed by atoms with Crippen LogP contribution in [0.25, 0.3) is 0 Å². The third kappa shape index (κ3) is 3.33. The minimum atomic E-state index is -3.69. The van der Waals surface area contributed by atoms with Crippen LogP contribution >= 0.6 is 43.2 Å². The van der Waals surface area contributed by atoms with Crippen molar-refractivity contribution in [3.8, 4) is 0 Å². The largest absolute Gasteiger partial charge is 0.264 e. The molecule has 0 aliphatic rings. The SMILES string of the molecule is Cc1nnc(NS(=O)(=O)c2cc(Br)c(C)cc2Br)s1. The molecule has 1 N–H and O–H groups in total. The van der Waals surface area contributed by atoms with Crippen molar-refractivity contribution in [1.29, 1.82) is 0 Å². The van der Waals surface area contributed by atoms with Crippen molar-refractivity contribution < 1.29 is 8.42 Å². The van der Waals surface area contributed by atoms with E-state index in [-0.39, 0.29) is 10.0 Å². The van der Waals surface area contributed by atoms with E-state index in [1.165, 1.54) is 11.3 Å². The molecule has 0 spiro atoms. The zero-order valence-electron chi connectivity index (χ0n) is 9.94. The van der Waals surface area contributed by atoms with Crippen LogP contribution in [0.2, 0.25) is 0 Å². The zero-order valence-corrected chi connectivity index (χ0v) is 14.7. The van der Waals surface area contributed by atoms with E-state index in [1.54, 1.807) is 19.1 Å². The average Bonchev–Trinajstić information content (AvgIpc) is 2.68. The van der Waals surface area contributed by atoms with Gasteiger partial charge in [-0.3, -0.25) is 4.72 Å². The Balaban J connectivity index is 2.42. The number of rotatable bonds is 3. The number of aromatic nitrogens is 2. The highest BCUT2D eigenvalue weighted by Crippen LogP contribution is 2.30. The summed E-state index contributed by atoms with van der Waals surface area (Å²) in [6, 6.07) is 3.29. The van der Waals surface area contributed by atoms with Crippen LogP contribution in [0.3, 0.4) is 0 Å². The third-order valence-corrected chi connectivity index (χ3v) is 6.29. The zero-order chi connectivity index (χ0) is 14.2. The fraction of sp³-hybridized carbons (Fsp3) is 0.200. The van der Waals surface area contributed by atoms with Crippen LogP contribution in [0.5, 0.6) is 0 Å². The summed E-state index contributed by atoms with van der Waals surface area (Å²) >= 11 is 7.77. The molecule has 0 radical (unpaired) electrons. The van der Waals surface area contributed by atoms with Gasteiger partial charge in [-0.15, -0.1) is 10.2 Å². The summed E-state index contributed by atoms with van der Waals surface area (Å²) in [7, 11) is -3.69. The second-order valence-corrected chi connectivity index (χ2v) is 8.30. The maximum absolute atomic E-state index is 12.3. The van der Waals surface area contributed by atoms with Gasteiger partial charge in [0.2, 0.25) is 5.13 Å². The molecule has 1 aromatic carbocycles. The maximum atomic E-state index is 12.3. The average molecular weight is 427 g/mol. The van der Waals surface area contributed by atoms with Crippen LogP contribution in [0.4, 0.5) is 5.13 Å². The van der Waals surface area contributed by atoms with Crippen LogP contribution in [0.1, 0.15) is 10.6 Å². The Morgan fingerprint density at radius 1 is 1.16 bits per heavy atom. The molecule has 0 saturated carbocycles. The van der Waals surface area contributed by atoms with Crippen LogP contribution in [-0.4, -0.2) is 18.6 Å². The normalized spacial score (nSPS) is 11.6. The highest BCUT2D eigenvalue weighted by molar-refractivity contribution is 9.11. The number of halogens is 2. The number of hydrogen-bond acceptors (Lipinski definition) is 5. The summed E-state index contributed by atoms with van der Waals surface area (Å²) in [6.45, 7) is 3.64. The van der Waals surface area contributed by atoms with Gasteiger partial charge in [-0.2, -0.15) is 0 Å². The first kappa shape index (κ1) is 14.9. The Kier molecular flexibility index (Phi) is 4.29. The Labute approximate surface area is 131 Å². The van der Waals surface area contributed by atoms with Crippen LogP contribution < -0.4 is 4.72 Å². The molecule has 1 aromatic heterocycles. The Bertz CT molecular complexity index is 728. The van der Waals surface area contributed by atoms with Crippen LogP contribution in [0.15, 0.2) is 26.0 Å². The smallest absolute Gasteiger partial charge is 0.253 e. The Morgan fingerprint density at radius 2 is 1.84 bits per heavy atom. The fourth-order valence-electron chi connectivity index (χ4n) is 1.34. The first-order chi connectivity index (χ1) is 8.79. The van der Waals surface area contributed by atoms with Crippen molar-refractivity contribution >= 4 is 58.4 Å². The van der Waals surface area contributed by atoms with Gasteiger partial charge in [-0.05, 0) is 47.5 Å². The molecule has 0 bridgehead atoms. The molecule has 0 aliphatic heterocycles. The van der Waals surface area contributed by atoms with Gasteiger partial charge < -0.3 is 0 Å². The Hall–Kier alpha value is -0.510. The van der Waals surface area contributed by atoms with Crippen molar-refractivity contribution in [2.45, 2.75) is 18.7 Å². The lowest BCUT2D eigenvalue weighted by Gasteiger charge is -2.09. The Morgan fingerprint density at radius 3 is 2.42 bits per heavy atom. The number of benzene rings is 1. The number of aryl methyl sites for hydroxylation is 2. The lowest BCUT2D eigenvalue weighted by atomic mass is 10.2. The van der Waals surface area contributed by atoms with Crippen molar-refractivity contribution in [2.24, 2.45) is 0 Å². The van der Waals surface area contributed by atoms with Gasteiger partial charge in [0, 0.05) is 8.95 Å². The van der Waals surface area contributed by atoms with Crippen LogP contribution in [0, 0.1) is 13.8 Å². The molecule has 2 rings (SSSR count). The van der Waals surface area contributed by atoms with E-state index in [1.807, 2.05) is 6.92 Å². The molecule has 0 saturated heterocycles. The monoisotopic (exact) mass is 425 g/mol. The highest BCUT2D eigenvalue weighted by atomic mass is 79.9. The lowest BCUT2D eigenvalue weighted by Crippen LogP contribution is -2.13. The van der Waals surface area contributed by atoms with Gasteiger partial charge in [0.1, 0.15) is 9.90 Å². The summed E-state index contributed by atoms with van der Waals surface area (Å²) < 4.78 is 28.2. The van der Waals surface area contributed by atoms with E-state index in [2.05, 4.69) is 46.8 Å². The van der Waals surface area contributed by atoms with E-state index in [0.717, 1.165) is 10.0 Å². The minimum absolute atomic E-state index is 0.151. The topological polar surface area (TPSA) is 72.0 Å². The molecule has 102 valence electrons. The van der Waals surface area contributed by atoms with E-state index in [9.17, 15) is 8.42 Å². The first-order valence-corrected chi connectivity index (χ1v) is 8.97. The molecular weight excluding hydrogens is 418 g/mol. The van der Waals surface area contributed by atoms with Gasteiger partial charge in [-0.25, -0.2) is 8.42 Å². The standard InChI is InChI=1S/C10H9Br2N3O2S2/c1-5-3-8(12)9(4-7(5)11)19(16,17)15-10-14-13-6(2)18-10/h3-4H,1-2H3,(H,14,15). The number of hydrogen-bond donors (Lipinski definition) is 1. The summed E-state index contributed by atoms with van der Waals surface area (Å²) in [5.41, 5.74) is 0.942. The molecule has 5 nitrogen and oxygen atoms in total. The van der Waals surface area contributed by atoms with Gasteiger partial charge >= 0.3 is 0 Å². The van der Waals surface area contributed by atoms with Gasteiger partial charge in [0.25, 0.3) is 10.0 Å². The lowest BCUT2D eigenvalue weighted by molar-refractivity contribution is 0.600. The van der Waals surface area contributed by atoms with Gasteiger partial charge in [-0.1, -0.05) is 27.3 Å². The molecule has 0 unspecified atom stereocenters. The number of nitrogens with zero attached hydrogens (tertiary/aromatic N) is 2. The quantitative estimate of drug-likeness (QED) is 0.815. The molecule has 0 amide bonds. The number of nitrogens with one attached hydrogen (secondary N) is 1. The molecule has 1 heterocycles. The van der Waals surface area contributed by atoms with E-state index < -0.39 is 10.0 Å². The van der Waals surface area contributed by atoms with E-state index >= 15 is 0 Å². The molecule has 0 fully saturated rings. The predicted octanol–water partition coefficient (Wildman–Crippen LogP) is 3.48. The second kappa shape index (κ2) is 5.47. The molecule has 19 heavy (non-hydrogen) atoms. The molecule has 2 aromatic rings. The van der Waals surface area contributed by atoms with E-state index in [4.69, 9.17) is 0 Å². The van der Waals surface area contributed by atoms with E-state index in [0.29, 0.717) is 9.48 Å². The predicted molar refractivity (Wildman–Crippen MR) is 82.0 cm³/mol. The molecular formula is C10H9Br2N3O2S2. The molecule has 9 heteroatoms. The number of sulfonamides is 1. The van der Waals surface area contributed by atoms with Crippen molar-refractivity contribution in [2.75, 3.05) is 4.72 Å². The maximum Gasteiger partial charge on any atom is 0.264 e. The highest BCUT2D eigenvalue weighted by Gasteiger charge is 2.20. The minimum Gasteiger partial charge on any atom is -0.253 e. The molecule has 0 atom stereocenters. The van der Waals surface area contributed by atoms with Crippen molar-refractivity contribution in [1.82, 2.24) is 10.2 Å². The van der Waals surface area contributed by atoms with Gasteiger partial charge in [0.05, 0.1) is 0 Å². The van der Waals surface area contributed by atoms with Crippen molar-refractivity contribution in [3.63, 3.8) is 0 Å². The second-order valence-electron chi connectivity index (χ2n) is 3.76. The summed E-state index contributed by atoms with van der Waals surface area (Å²) in [4.78, 5) is 0.151. The fourth-order valence-corrected chi connectivity index (χ4v) is 4.84. The first-order valence-electron chi connectivity index (χ1n) is 5.08. The summed E-state index contributed by atoms with van der Waals surface area (Å²) in [5.74, 6) is 0. The van der Waals surface area contributed by atoms with Crippen LogP contribution in [-0.2, 0) is 10.0 Å². The van der Waals surface area contributed by atoms with Gasteiger partial charge in [0.15, 0.2) is 0 Å². The van der Waals surface area contributed by atoms with Crippen molar-refractivity contribution in [3.05, 3.63) is 31.6 Å². The summed E-state index contributed by atoms with van der Waals surface area (Å²) in [5, 5.41) is 8.46. The third-order valence-electron chi connectivity index (χ3n) is 2.25.